The summed E-state index contributed by atoms with van der Waals surface area (Å²) in [6, 6.07) is 6.11. The van der Waals surface area contributed by atoms with Crippen LogP contribution in [0.4, 0.5) is 4.39 Å². The van der Waals surface area contributed by atoms with Crippen molar-refractivity contribution >= 4 is 5.91 Å². The standard InChI is InChI=1S/C19H27FN2O3/c1-21(2)12-17-7-8-19(25-17)13-22(9-10-24-14-19)18(23)11-15-3-5-16(20)6-4-15/h3-6,17H,7-14H2,1-2H3. The van der Waals surface area contributed by atoms with Crippen molar-refractivity contribution in [2.75, 3.05) is 46.9 Å². The van der Waals surface area contributed by atoms with Crippen LogP contribution in [0.25, 0.3) is 0 Å². The quantitative estimate of drug-likeness (QED) is 0.829. The summed E-state index contributed by atoms with van der Waals surface area (Å²) < 4.78 is 25.1. The Morgan fingerprint density at radius 3 is 2.84 bits per heavy atom. The lowest BCUT2D eigenvalue weighted by atomic mass is 9.99. The number of rotatable bonds is 4. The fourth-order valence-electron chi connectivity index (χ4n) is 3.66. The topological polar surface area (TPSA) is 42.0 Å². The molecule has 2 unspecified atom stereocenters. The molecule has 25 heavy (non-hydrogen) atoms. The average molecular weight is 350 g/mol. The van der Waals surface area contributed by atoms with Crippen molar-refractivity contribution in [3.63, 3.8) is 0 Å². The predicted molar refractivity (Wildman–Crippen MR) is 92.9 cm³/mol. The molecule has 1 amide bonds. The van der Waals surface area contributed by atoms with Crippen LogP contribution in [0.5, 0.6) is 0 Å². The summed E-state index contributed by atoms with van der Waals surface area (Å²) in [5.41, 5.74) is 0.429. The van der Waals surface area contributed by atoms with Gasteiger partial charge in [-0.3, -0.25) is 4.79 Å². The summed E-state index contributed by atoms with van der Waals surface area (Å²) in [4.78, 5) is 16.7. The van der Waals surface area contributed by atoms with E-state index in [2.05, 4.69) is 4.90 Å². The van der Waals surface area contributed by atoms with E-state index in [1.807, 2.05) is 19.0 Å². The zero-order chi connectivity index (χ0) is 17.9. The van der Waals surface area contributed by atoms with Crippen molar-refractivity contribution in [3.05, 3.63) is 35.6 Å². The van der Waals surface area contributed by atoms with Crippen LogP contribution in [0.2, 0.25) is 0 Å². The highest BCUT2D eigenvalue weighted by Crippen LogP contribution is 2.33. The number of benzene rings is 1. The van der Waals surface area contributed by atoms with Crippen molar-refractivity contribution in [2.24, 2.45) is 0 Å². The van der Waals surface area contributed by atoms with Gasteiger partial charge >= 0.3 is 0 Å². The number of hydrogen-bond acceptors (Lipinski definition) is 4. The van der Waals surface area contributed by atoms with Crippen LogP contribution in [0.15, 0.2) is 24.3 Å². The van der Waals surface area contributed by atoms with Gasteiger partial charge in [0.1, 0.15) is 11.4 Å². The van der Waals surface area contributed by atoms with E-state index in [1.165, 1.54) is 12.1 Å². The third-order valence-electron chi connectivity index (χ3n) is 4.88. The second-order valence-electron chi connectivity index (χ2n) is 7.39. The Balaban J connectivity index is 1.63. The van der Waals surface area contributed by atoms with Gasteiger partial charge in [0, 0.05) is 13.1 Å². The molecule has 6 heteroatoms. The van der Waals surface area contributed by atoms with E-state index in [0.29, 0.717) is 26.3 Å². The molecule has 2 heterocycles. The third-order valence-corrected chi connectivity index (χ3v) is 4.88. The van der Waals surface area contributed by atoms with Crippen molar-refractivity contribution in [2.45, 2.75) is 31.0 Å². The molecule has 2 aliphatic rings. The van der Waals surface area contributed by atoms with E-state index < -0.39 is 5.60 Å². The molecule has 0 saturated carbocycles. The Labute approximate surface area is 148 Å². The average Bonchev–Trinajstić information content (AvgIpc) is 2.81. The summed E-state index contributed by atoms with van der Waals surface area (Å²) in [5.74, 6) is -0.249. The van der Waals surface area contributed by atoms with Crippen molar-refractivity contribution in [3.8, 4) is 0 Å². The number of amides is 1. The first-order valence-corrected chi connectivity index (χ1v) is 8.88. The molecule has 5 nitrogen and oxygen atoms in total. The number of hydrogen-bond donors (Lipinski definition) is 0. The third kappa shape index (κ3) is 4.77. The molecule has 2 aliphatic heterocycles. The van der Waals surface area contributed by atoms with Gasteiger partial charge in [-0.25, -0.2) is 4.39 Å². The van der Waals surface area contributed by atoms with Crippen molar-refractivity contribution in [1.82, 2.24) is 9.80 Å². The minimum Gasteiger partial charge on any atom is -0.377 e. The Morgan fingerprint density at radius 1 is 1.36 bits per heavy atom. The van der Waals surface area contributed by atoms with E-state index in [1.54, 1.807) is 12.1 Å². The van der Waals surface area contributed by atoms with E-state index in [-0.39, 0.29) is 24.2 Å². The predicted octanol–water partition coefficient (Wildman–Crippen LogP) is 1.71. The first kappa shape index (κ1) is 18.3. The maximum absolute atomic E-state index is 13.0. The zero-order valence-electron chi connectivity index (χ0n) is 15.0. The first-order valence-electron chi connectivity index (χ1n) is 8.88. The van der Waals surface area contributed by atoms with E-state index in [4.69, 9.17) is 9.47 Å². The van der Waals surface area contributed by atoms with Gasteiger partial charge in [-0.2, -0.15) is 0 Å². The maximum atomic E-state index is 13.0. The molecule has 0 N–H and O–H groups in total. The normalized spacial score (nSPS) is 27.0. The molecular formula is C19H27FN2O3. The molecule has 2 atom stereocenters. The van der Waals surface area contributed by atoms with Gasteiger partial charge in [0.05, 0.1) is 32.3 Å². The highest BCUT2D eigenvalue weighted by Gasteiger charge is 2.43. The lowest BCUT2D eigenvalue weighted by Gasteiger charge is -2.32. The summed E-state index contributed by atoms with van der Waals surface area (Å²) in [6.45, 7) is 3.08. The van der Waals surface area contributed by atoms with E-state index in [9.17, 15) is 9.18 Å². The van der Waals surface area contributed by atoms with Crippen molar-refractivity contribution < 1.29 is 18.7 Å². The Hall–Kier alpha value is -1.50. The highest BCUT2D eigenvalue weighted by atomic mass is 19.1. The van der Waals surface area contributed by atoms with Crippen LogP contribution < -0.4 is 0 Å². The summed E-state index contributed by atoms with van der Waals surface area (Å²) in [7, 11) is 4.08. The summed E-state index contributed by atoms with van der Waals surface area (Å²) >= 11 is 0. The molecule has 0 bridgehead atoms. The number of nitrogens with zero attached hydrogens (tertiary/aromatic N) is 2. The van der Waals surface area contributed by atoms with E-state index in [0.717, 1.165) is 24.9 Å². The second kappa shape index (κ2) is 7.81. The van der Waals surface area contributed by atoms with Gasteiger partial charge in [0.15, 0.2) is 0 Å². The molecule has 3 rings (SSSR count). The number of halogens is 1. The van der Waals surface area contributed by atoms with Gasteiger partial charge in [0.25, 0.3) is 0 Å². The fraction of sp³-hybridized carbons (Fsp3) is 0.632. The van der Waals surface area contributed by atoms with Crippen LogP contribution >= 0.6 is 0 Å². The summed E-state index contributed by atoms with van der Waals surface area (Å²) in [6.07, 6.45) is 2.36. The van der Waals surface area contributed by atoms with Crippen LogP contribution in [0.1, 0.15) is 18.4 Å². The molecule has 0 aliphatic carbocycles. The Morgan fingerprint density at radius 2 is 2.12 bits per heavy atom. The monoisotopic (exact) mass is 350 g/mol. The number of likely N-dealkylation sites (N-methyl/N-ethyl adjacent to an activating group) is 1. The second-order valence-corrected chi connectivity index (χ2v) is 7.39. The van der Waals surface area contributed by atoms with E-state index >= 15 is 0 Å². The largest absolute Gasteiger partial charge is 0.377 e. The lowest BCUT2D eigenvalue weighted by molar-refractivity contribution is -0.135. The molecule has 138 valence electrons. The molecule has 1 spiro atoms. The number of ether oxygens (including phenoxy) is 2. The SMILES string of the molecule is CN(C)CC1CCC2(COCCN(C(=O)Cc3ccc(F)cc3)C2)O1. The smallest absolute Gasteiger partial charge is 0.227 e. The van der Waals surface area contributed by atoms with Gasteiger partial charge in [0.2, 0.25) is 5.91 Å². The summed E-state index contributed by atoms with van der Waals surface area (Å²) in [5, 5.41) is 0. The van der Waals surface area contributed by atoms with Gasteiger partial charge in [-0.15, -0.1) is 0 Å². The van der Waals surface area contributed by atoms with Crippen LogP contribution in [0.3, 0.4) is 0 Å². The van der Waals surface area contributed by atoms with Crippen LogP contribution in [-0.4, -0.2) is 74.4 Å². The molecule has 0 radical (unpaired) electrons. The number of carbonyl (C=O) groups excluding carboxylic acids is 1. The van der Waals surface area contributed by atoms with Crippen molar-refractivity contribution in [1.29, 1.82) is 0 Å². The molecule has 1 aromatic rings. The van der Waals surface area contributed by atoms with Crippen LogP contribution in [-0.2, 0) is 20.7 Å². The van der Waals surface area contributed by atoms with Crippen LogP contribution in [0, 0.1) is 5.82 Å². The molecule has 0 aromatic heterocycles. The Kier molecular flexibility index (Phi) is 5.71. The molecule has 1 aromatic carbocycles. The minimum absolute atomic E-state index is 0.0381. The van der Waals surface area contributed by atoms with Gasteiger partial charge < -0.3 is 19.3 Å². The molecular weight excluding hydrogens is 323 g/mol. The molecule has 2 saturated heterocycles. The van der Waals surface area contributed by atoms with Gasteiger partial charge in [-0.1, -0.05) is 12.1 Å². The lowest BCUT2D eigenvalue weighted by Crippen LogP contribution is -2.47. The first-order chi connectivity index (χ1) is 12.0. The highest BCUT2D eigenvalue weighted by molar-refractivity contribution is 5.79. The zero-order valence-corrected chi connectivity index (χ0v) is 15.0. The minimum atomic E-state index is -0.393. The van der Waals surface area contributed by atoms with Gasteiger partial charge in [-0.05, 0) is 44.6 Å². The Bertz CT molecular complexity index is 593. The maximum Gasteiger partial charge on any atom is 0.227 e. The molecule has 2 fully saturated rings. The fourth-order valence-corrected chi connectivity index (χ4v) is 3.66. The number of carbonyl (C=O) groups is 1.